The van der Waals surface area contributed by atoms with Crippen LogP contribution in [0.1, 0.15) is 27.0 Å². The molecule has 0 aliphatic carbocycles. The van der Waals surface area contributed by atoms with Crippen molar-refractivity contribution in [1.29, 1.82) is 0 Å². The first-order valence-corrected chi connectivity index (χ1v) is 9.89. The maximum atomic E-state index is 12.1. The Morgan fingerprint density at radius 2 is 1.61 bits per heavy atom. The predicted molar refractivity (Wildman–Crippen MR) is 119 cm³/mol. The summed E-state index contributed by atoms with van der Waals surface area (Å²) in [6.07, 6.45) is 0. The molecule has 11 heteroatoms. The number of nitro benzene ring substituents is 1. The van der Waals surface area contributed by atoms with Crippen molar-refractivity contribution in [2.75, 3.05) is 25.0 Å². The highest BCUT2D eigenvalue weighted by Crippen LogP contribution is 2.21. The van der Waals surface area contributed by atoms with Gasteiger partial charge in [-0.15, -0.1) is 0 Å². The molecule has 0 aromatic heterocycles. The third-order valence-electron chi connectivity index (χ3n) is 4.46. The maximum absolute atomic E-state index is 12.1. The summed E-state index contributed by atoms with van der Waals surface area (Å²) < 4.78 is 4.75. The molecule has 3 N–H and O–H groups in total. The van der Waals surface area contributed by atoms with Gasteiger partial charge >= 0.3 is 5.97 Å². The third kappa shape index (κ3) is 7.73. The minimum Gasteiger partial charge on any atom is -0.454 e. The zero-order valence-corrected chi connectivity index (χ0v) is 18.4. The van der Waals surface area contributed by atoms with Gasteiger partial charge in [-0.3, -0.25) is 29.3 Å². The lowest BCUT2D eigenvalue weighted by molar-refractivity contribution is -0.384. The van der Waals surface area contributed by atoms with Crippen LogP contribution in [0.4, 0.5) is 11.4 Å². The van der Waals surface area contributed by atoms with Gasteiger partial charge < -0.3 is 20.7 Å². The van der Waals surface area contributed by atoms with Gasteiger partial charge in [-0.05, 0) is 38.0 Å². The number of carbonyl (C=O) groups excluding carboxylic acids is 4. The number of carbonyl (C=O) groups is 4. The molecular weight excluding hydrogens is 432 g/mol. The molecule has 2 aromatic rings. The normalized spacial score (nSPS) is 10.2. The summed E-state index contributed by atoms with van der Waals surface area (Å²) in [7, 11) is 0. The van der Waals surface area contributed by atoms with E-state index in [1.807, 2.05) is 32.9 Å². The highest BCUT2D eigenvalue weighted by atomic mass is 16.6. The summed E-state index contributed by atoms with van der Waals surface area (Å²) in [5.41, 5.74) is 3.27. The molecule has 2 aromatic carbocycles. The molecule has 0 spiro atoms. The van der Waals surface area contributed by atoms with Crippen LogP contribution < -0.4 is 16.0 Å². The van der Waals surface area contributed by atoms with E-state index in [0.717, 1.165) is 22.8 Å². The molecule has 0 heterocycles. The Balaban J connectivity index is 1.72. The number of rotatable bonds is 9. The summed E-state index contributed by atoms with van der Waals surface area (Å²) in [5.74, 6) is -2.73. The molecule has 0 atom stereocenters. The lowest BCUT2D eigenvalue weighted by Crippen LogP contribution is -2.37. The van der Waals surface area contributed by atoms with Crippen molar-refractivity contribution in [2.45, 2.75) is 20.8 Å². The van der Waals surface area contributed by atoms with Gasteiger partial charge in [-0.1, -0.05) is 23.8 Å². The van der Waals surface area contributed by atoms with Crippen LogP contribution in [0.3, 0.4) is 0 Å². The van der Waals surface area contributed by atoms with E-state index in [2.05, 4.69) is 16.0 Å². The van der Waals surface area contributed by atoms with Crippen molar-refractivity contribution in [1.82, 2.24) is 10.6 Å². The standard InChI is InChI=1S/C22H24N4O7/c1-13-7-14(2)21(15(3)8-13)25-18(27)10-23-19(28)12-33-20(29)11-24-22(30)16-5-4-6-17(9-16)26(31)32/h4-9H,10-12H2,1-3H3,(H,23,28)(H,24,30)(H,25,27). The first kappa shape index (κ1) is 25.0. The van der Waals surface area contributed by atoms with Crippen LogP contribution in [-0.4, -0.2) is 48.3 Å². The van der Waals surface area contributed by atoms with Gasteiger partial charge in [-0.25, -0.2) is 0 Å². The van der Waals surface area contributed by atoms with E-state index in [1.165, 1.54) is 18.2 Å². The predicted octanol–water partition coefficient (Wildman–Crippen LogP) is 1.55. The molecule has 0 aliphatic rings. The van der Waals surface area contributed by atoms with E-state index in [0.29, 0.717) is 5.69 Å². The summed E-state index contributed by atoms with van der Waals surface area (Å²) >= 11 is 0. The number of benzene rings is 2. The maximum Gasteiger partial charge on any atom is 0.325 e. The van der Waals surface area contributed by atoms with E-state index in [1.54, 1.807) is 0 Å². The number of nitro groups is 1. The molecule has 2 rings (SSSR count). The van der Waals surface area contributed by atoms with Crippen LogP contribution in [0.15, 0.2) is 36.4 Å². The molecule has 0 saturated heterocycles. The van der Waals surface area contributed by atoms with E-state index < -0.39 is 41.8 Å². The number of nitrogens with one attached hydrogen (secondary N) is 3. The average Bonchev–Trinajstić information content (AvgIpc) is 2.77. The SMILES string of the molecule is Cc1cc(C)c(NC(=O)CNC(=O)COC(=O)CNC(=O)c2cccc([N+](=O)[O-])c2)c(C)c1. The first-order chi connectivity index (χ1) is 15.6. The second kappa shape index (κ2) is 11.4. The fourth-order valence-corrected chi connectivity index (χ4v) is 3.00. The highest BCUT2D eigenvalue weighted by Gasteiger charge is 2.14. The zero-order chi connectivity index (χ0) is 24.5. The van der Waals surface area contributed by atoms with Crippen LogP contribution in [0, 0.1) is 30.9 Å². The van der Waals surface area contributed by atoms with Crippen molar-refractivity contribution >= 4 is 35.1 Å². The van der Waals surface area contributed by atoms with Gasteiger partial charge in [0.15, 0.2) is 6.61 Å². The molecular formula is C22H24N4O7. The molecule has 33 heavy (non-hydrogen) atoms. The van der Waals surface area contributed by atoms with E-state index >= 15 is 0 Å². The van der Waals surface area contributed by atoms with Gasteiger partial charge in [0, 0.05) is 23.4 Å². The molecule has 0 fully saturated rings. The number of nitrogens with zero attached hydrogens (tertiary/aromatic N) is 1. The number of ether oxygens (including phenoxy) is 1. The second-order valence-electron chi connectivity index (χ2n) is 7.25. The second-order valence-corrected chi connectivity index (χ2v) is 7.25. The van der Waals surface area contributed by atoms with Crippen LogP contribution >= 0.6 is 0 Å². The molecule has 3 amide bonds. The molecule has 0 saturated carbocycles. The van der Waals surface area contributed by atoms with Gasteiger partial charge in [0.25, 0.3) is 17.5 Å². The van der Waals surface area contributed by atoms with Crippen molar-refractivity contribution in [3.05, 3.63) is 68.8 Å². The molecule has 174 valence electrons. The fraction of sp³-hybridized carbons (Fsp3) is 0.273. The lowest BCUT2D eigenvalue weighted by Gasteiger charge is -2.13. The molecule has 0 unspecified atom stereocenters. The number of anilines is 1. The topological polar surface area (TPSA) is 157 Å². The molecule has 11 nitrogen and oxygen atoms in total. The monoisotopic (exact) mass is 456 g/mol. The Hall–Kier alpha value is -4.28. The Kier molecular flexibility index (Phi) is 8.61. The van der Waals surface area contributed by atoms with Gasteiger partial charge in [-0.2, -0.15) is 0 Å². The fourth-order valence-electron chi connectivity index (χ4n) is 3.00. The van der Waals surface area contributed by atoms with Gasteiger partial charge in [0.05, 0.1) is 11.5 Å². The van der Waals surface area contributed by atoms with E-state index in [9.17, 15) is 29.3 Å². The molecule has 0 bridgehead atoms. The Bertz CT molecular complexity index is 1070. The van der Waals surface area contributed by atoms with Gasteiger partial charge in [0.1, 0.15) is 6.54 Å². The quantitative estimate of drug-likeness (QED) is 0.293. The number of non-ortho nitro benzene ring substituents is 1. The van der Waals surface area contributed by atoms with Crippen LogP contribution in [0.25, 0.3) is 0 Å². The summed E-state index contributed by atoms with van der Waals surface area (Å²) in [6, 6.07) is 8.85. The van der Waals surface area contributed by atoms with Crippen molar-refractivity contribution in [3.8, 4) is 0 Å². The summed E-state index contributed by atoms with van der Waals surface area (Å²) in [5, 5.41) is 18.1. The van der Waals surface area contributed by atoms with E-state index in [4.69, 9.17) is 4.74 Å². The summed E-state index contributed by atoms with van der Waals surface area (Å²) in [4.78, 5) is 57.8. The average molecular weight is 456 g/mol. The Labute approximate surface area is 189 Å². The van der Waals surface area contributed by atoms with Crippen molar-refractivity contribution in [2.24, 2.45) is 0 Å². The Morgan fingerprint density at radius 1 is 0.939 bits per heavy atom. The van der Waals surface area contributed by atoms with Gasteiger partial charge in [0.2, 0.25) is 5.91 Å². The Morgan fingerprint density at radius 3 is 2.24 bits per heavy atom. The number of hydrogen-bond acceptors (Lipinski definition) is 7. The van der Waals surface area contributed by atoms with Crippen LogP contribution in [0.5, 0.6) is 0 Å². The lowest BCUT2D eigenvalue weighted by atomic mass is 10.1. The number of hydrogen-bond donors (Lipinski definition) is 3. The van der Waals surface area contributed by atoms with Crippen LogP contribution in [-0.2, 0) is 19.1 Å². The van der Waals surface area contributed by atoms with E-state index in [-0.39, 0.29) is 17.8 Å². The summed E-state index contributed by atoms with van der Waals surface area (Å²) in [6.45, 7) is 4.19. The molecule has 0 aliphatic heterocycles. The smallest absolute Gasteiger partial charge is 0.325 e. The minimum absolute atomic E-state index is 0.000180. The molecule has 0 radical (unpaired) electrons. The largest absolute Gasteiger partial charge is 0.454 e. The third-order valence-corrected chi connectivity index (χ3v) is 4.46. The highest BCUT2D eigenvalue weighted by molar-refractivity contribution is 5.97. The van der Waals surface area contributed by atoms with Crippen LogP contribution in [0.2, 0.25) is 0 Å². The van der Waals surface area contributed by atoms with Crippen molar-refractivity contribution < 1.29 is 28.8 Å². The number of amides is 3. The minimum atomic E-state index is -0.890. The number of aryl methyl sites for hydroxylation is 3. The zero-order valence-electron chi connectivity index (χ0n) is 18.4. The first-order valence-electron chi connectivity index (χ1n) is 9.89. The number of esters is 1. The van der Waals surface area contributed by atoms with Crippen molar-refractivity contribution in [3.63, 3.8) is 0 Å².